The molecule has 0 aliphatic heterocycles. The molecular weight excluding hydrogens is 295 g/mol. The number of rotatable bonds is 3. The number of hydrogen-bond donors (Lipinski definition) is 1. The number of nitrogens with zero attached hydrogens (tertiary/aromatic N) is 1. The number of aromatic nitrogens is 1. The molecule has 2 aromatic rings. The SMILES string of the molecule is Nc1ncc(COc2cc(F)cc(Br)c2)s1. The Balaban J connectivity index is 2.04. The van der Waals surface area contributed by atoms with Crippen molar-refractivity contribution in [1.82, 2.24) is 4.98 Å². The summed E-state index contributed by atoms with van der Waals surface area (Å²) in [6.45, 7) is 0.338. The molecule has 3 nitrogen and oxygen atoms in total. The summed E-state index contributed by atoms with van der Waals surface area (Å²) in [4.78, 5) is 4.80. The van der Waals surface area contributed by atoms with Crippen molar-refractivity contribution in [2.75, 3.05) is 5.73 Å². The molecule has 0 spiro atoms. The van der Waals surface area contributed by atoms with Crippen molar-refractivity contribution < 1.29 is 9.13 Å². The lowest BCUT2D eigenvalue weighted by atomic mass is 10.3. The van der Waals surface area contributed by atoms with Crippen LogP contribution >= 0.6 is 27.3 Å². The summed E-state index contributed by atoms with van der Waals surface area (Å²) in [5.41, 5.74) is 5.48. The van der Waals surface area contributed by atoms with Gasteiger partial charge < -0.3 is 10.5 Å². The van der Waals surface area contributed by atoms with E-state index in [1.807, 2.05) is 0 Å². The second-order valence-corrected chi connectivity index (χ2v) is 5.12. The minimum atomic E-state index is -0.340. The number of thiazole rings is 1. The number of ether oxygens (including phenoxy) is 1. The van der Waals surface area contributed by atoms with E-state index < -0.39 is 0 Å². The summed E-state index contributed by atoms with van der Waals surface area (Å²) in [6, 6.07) is 4.40. The first kappa shape index (κ1) is 11.3. The molecule has 0 saturated carbocycles. The molecule has 2 N–H and O–H groups in total. The number of halogens is 2. The predicted octanol–water partition coefficient (Wildman–Crippen LogP) is 3.21. The van der Waals surface area contributed by atoms with Crippen LogP contribution in [-0.4, -0.2) is 4.98 Å². The molecule has 0 aliphatic rings. The molecule has 0 fully saturated rings. The maximum Gasteiger partial charge on any atom is 0.180 e. The van der Waals surface area contributed by atoms with Gasteiger partial charge in [-0.25, -0.2) is 9.37 Å². The van der Waals surface area contributed by atoms with Gasteiger partial charge in [-0.1, -0.05) is 27.3 Å². The summed E-state index contributed by atoms with van der Waals surface area (Å²) >= 11 is 4.55. The van der Waals surface area contributed by atoms with Gasteiger partial charge in [-0.3, -0.25) is 0 Å². The number of anilines is 1. The molecule has 6 heteroatoms. The fourth-order valence-electron chi connectivity index (χ4n) is 1.16. The topological polar surface area (TPSA) is 48.1 Å². The van der Waals surface area contributed by atoms with E-state index in [2.05, 4.69) is 20.9 Å². The second kappa shape index (κ2) is 4.80. The van der Waals surface area contributed by atoms with Gasteiger partial charge >= 0.3 is 0 Å². The zero-order valence-electron chi connectivity index (χ0n) is 8.11. The van der Waals surface area contributed by atoms with Crippen molar-refractivity contribution in [1.29, 1.82) is 0 Å². The van der Waals surface area contributed by atoms with Crippen molar-refractivity contribution >= 4 is 32.4 Å². The highest BCUT2D eigenvalue weighted by atomic mass is 79.9. The van der Waals surface area contributed by atoms with Gasteiger partial charge in [0.1, 0.15) is 18.2 Å². The van der Waals surface area contributed by atoms with E-state index in [0.29, 0.717) is 22.0 Å². The van der Waals surface area contributed by atoms with Crippen LogP contribution < -0.4 is 10.5 Å². The average molecular weight is 303 g/mol. The smallest absolute Gasteiger partial charge is 0.180 e. The summed E-state index contributed by atoms with van der Waals surface area (Å²) in [5.74, 6) is 0.132. The molecule has 0 bridgehead atoms. The molecule has 1 heterocycles. The fraction of sp³-hybridized carbons (Fsp3) is 0.100. The van der Waals surface area contributed by atoms with E-state index in [4.69, 9.17) is 10.5 Å². The van der Waals surface area contributed by atoms with Crippen molar-refractivity contribution in [2.45, 2.75) is 6.61 Å². The molecule has 0 unspecified atom stereocenters. The first-order valence-corrected chi connectivity index (χ1v) is 6.03. The Morgan fingerprint density at radius 2 is 2.25 bits per heavy atom. The lowest BCUT2D eigenvalue weighted by Crippen LogP contribution is -1.93. The molecule has 0 radical (unpaired) electrons. The molecule has 0 atom stereocenters. The molecule has 0 aliphatic carbocycles. The Hall–Kier alpha value is -1.14. The van der Waals surface area contributed by atoms with Crippen LogP contribution in [0, 0.1) is 5.82 Å². The third-order valence-corrected chi connectivity index (χ3v) is 3.05. The van der Waals surface area contributed by atoms with Crippen LogP contribution in [0.15, 0.2) is 28.9 Å². The number of nitrogen functional groups attached to an aromatic ring is 1. The first-order chi connectivity index (χ1) is 7.63. The van der Waals surface area contributed by atoms with Gasteiger partial charge in [0.15, 0.2) is 5.13 Å². The molecule has 0 amide bonds. The molecular formula is C10H8BrFN2OS. The Morgan fingerprint density at radius 3 is 2.88 bits per heavy atom. The second-order valence-electron chi connectivity index (χ2n) is 3.06. The van der Waals surface area contributed by atoms with E-state index >= 15 is 0 Å². The highest BCUT2D eigenvalue weighted by molar-refractivity contribution is 9.10. The van der Waals surface area contributed by atoms with Crippen LogP contribution in [0.5, 0.6) is 5.75 Å². The minimum Gasteiger partial charge on any atom is -0.488 e. The number of hydrogen-bond acceptors (Lipinski definition) is 4. The number of benzene rings is 1. The van der Waals surface area contributed by atoms with E-state index in [9.17, 15) is 4.39 Å². The van der Waals surface area contributed by atoms with E-state index in [-0.39, 0.29) is 5.82 Å². The van der Waals surface area contributed by atoms with Crippen LogP contribution in [0.25, 0.3) is 0 Å². The van der Waals surface area contributed by atoms with Crippen molar-refractivity contribution in [3.63, 3.8) is 0 Å². The van der Waals surface area contributed by atoms with Crippen molar-refractivity contribution in [3.8, 4) is 5.75 Å². The first-order valence-electron chi connectivity index (χ1n) is 4.42. The Bertz CT molecular complexity index is 483. The highest BCUT2D eigenvalue weighted by Crippen LogP contribution is 2.22. The van der Waals surface area contributed by atoms with Gasteiger partial charge in [-0.2, -0.15) is 0 Å². The van der Waals surface area contributed by atoms with Gasteiger partial charge in [0.05, 0.1) is 4.88 Å². The molecule has 84 valence electrons. The van der Waals surface area contributed by atoms with E-state index in [1.54, 1.807) is 12.3 Å². The van der Waals surface area contributed by atoms with E-state index in [1.165, 1.54) is 23.5 Å². The predicted molar refractivity (Wildman–Crippen MR) is 65.0 cm³/mol. The van der Waals surface area contributed by atoms with Crippen LogP contribution in [0.1, 0.15) is 4.88 Å². The van der Waals surface area contributed by atoms with Crippen LogP contribution in [0.2, 0.25) is 0 Å². The molecule has 1 aromatic carbocycles. The van der Waals surface area contributed by atoms with Gasteiger partial charge in [-0.05, 0) is 12.1 Å². The van der Waals surface area contributed by atoms with Gasteiger partial charge in [0.2, 0.25) is 0 Å². The third-order valence-electron chi connectivity index (χ3n) is 1.79. The largest absolute Gasteiger partial charge is 0.488 e. The van der Waals surface area contributed by atoms with Gasteiger partial charge in [0.25, 0.3) is 0 Å². The lowest BCUT2D eigenvalue weighted by Gasteiger charge is -2.04. The standard InChI is InChI=1S/C10H8BrFN2OS/c11-6-1-7(12)3-8(2-6)15-5-9-4-14-10(13)16-9/h1-4H,5H2,(H2,13,14). The Kier molecular flexibility index (Phi) is 3.40. The third kappa shape index (κ3) is 2.93. The number of nitrogens with two attached hydrogens (primary N) is 1. The zero-order valence-corrected chi connectivity index (χ0v) is 10.5. The Labute approximate surface area is 104 Å². The molecule has 0 saturated heterocycles. The highest BCUT2D eigenvalue weighted by Gasteiger charge is 2.02. The molecule has 2 rings (SSSR count). The van der Waals surface area contributed by atoms with Gasteiger partial charge in [-0.15, -0.1) is 0 Å². The summed E-state index contributed by atoms with van der Waals surface area (Å²) in [7, 11) is 0. The quantitative estimate of drug-likeness (QED) is 0.947. The monoisotopic (exact) mass is 302 g/mol. The summed E-state index contributed by atoms with van der Waals surface area (Å²) in [5, 5.41) is 0.499. The summed E-state index contributed by atoms with van der Waals surface area (Å²) in [6.07, 6.45) is 1.65. The van der Waals surface area contributed by atoms with Crippen LogP contribution in [-0.2, 0) is 6.61 Å². The summed E-state index contributed by atoms with van der Waals surface area (Å²) < 4.78 is 19.1. The Morgan fingerprint density at radius 1 is 1.44 bits per heavy atom. The van der Waals surface area contributed by atoms with Crippen LogP contribution in [0.4, 0.5) is 9.52 Å². The normalized spacial score (nSPS) is 10.4. The van der Waals surface area contributed by atoms with Crippen molar-refractivity contribution in [2.24, 2.45) is 0 Å². The molecule has 16 heavy (non-hydrogen) atoms. The van der Waals surface area contributed by atoms with Crippen molar-refractivity contribution in [3.05, 3.63) is 39.6 Å². The van der Waals surface area contributed by atoms with E-state index in [0.717, 1.165) is 4.88 Å². The lowest BCUT2D eigenvalue weighted by molar-refractivity contribution is 0.307. The zero-order chi connectivity index (χ0) is 11.5. The molecule has 1 aromatic heterocycles. The maximum atomic E-state index is 13.0. The average Bonchev–Trinajstić information content (AvgIpc) is 2.60. The van der Waals surface area contributed by atoms with Gasteiger partial charge in [0, 0.05) is 16.7 Å². The minimum absolute atomic E-state index is 0.338. The fourth-order valence-corrected chi connectivity index (χ4v) is 2.20. The van der Waals surface area contributed by atoms with Crippen LogP contribution in [0.3, 0.4) is 0 Å². The maximum absolute atomic E-state index is 13.0.